The number of amidine groups is 1. The average Bonchev–Trinajstić information content (AvgIpc) is 3.11. The number of rotatable bonds is 11. The monoisotopic (exact) mass is 515 g/mol. The predicted octanol–water partition coefficient (Wildman–Crippen LogP) is 5.66. The molecule has 0 spiro atoms. The van der Waals surface area contributed by atoms with Gasteiger partial charge >= 0.3 is 10.1 Å². The van der Waals surface area contributed by atoms with Gasteiger partial charge in [0.15, 0.2) is 5.17 Å². The molecule has 35 heavy (non-hydrogen) atoms. The van der Waals surface area contributed by atoms with Crippen molar-refractivity contribution in [2.24, 2.45) is 10.2 Å². The molecule has 1 amide bonds. The van der Waals surface area contributed by atoms with Crippen LogP contribution in [0.5, 0.6) is 5.75 Å². The maximum absolute atomic E-state index is 12.9. The van der Waals surface area contributed by atoms with Crippen molar-refractivity contribution in [1.82, 2.24) is 5.32 Å². The summed E-state index contributed by atoms with van der Waals surface area (Å²) in [5.41, 5.74) is 2.91. The topological polar surface area (TPSA) is 97.2 Å². The molecule has 2 aromatic carbocycles. The van der Waals surface area contributed by atoms with Gasteiger partial charge in [-0.1, -0.05) is 80.6 Å². The highest BCUT2D eigenvalue weighted by molar-refractivity contribution is 8.15. The number of nitrogens with zero attached hydrogens (tertiary/aromatic N) is 2. The molecule has 1 aliphatic rings. The standard InChI is InChI=1S/C26H33N3O4S2/c1-5-6-7-8-9-13-23-25(30)28-26(34-23)29-27-17-21-11-10-12-22(16-21)33-35(31,32)24-19(3)14-18(2)15-20(24)4/h10-12,14-17,23H,5-9,13H2,1-4H3,(H,28,29,30)/b27-17+. The van der Waals surface area contributed by atoms with E-state index >= 15 is 0 Å². The summed E-state index contributed by atoms with van der Waals surface area (Å²) in [6, 6.07) is 10.3. The molecule has 1 fully saturated rings. The van der Waals surface area contributed by atoms with E-state index in [1.807, 2.05) is 19.1 Å². The van der Waals surface area contributed by atoms with Gasteiger partial charge in [0.1, 0.15) is 10.6 Å². The van der Waals surface area contributed by atoms with Crippen LogP contribution in [0.2, 0.25) is 0 Å². The lowest BCUT2D eigenvalue weighted by molar-refractivity contribution is -0.118. The highest BCUT2D eigenvalue weighted by Gasteiger charge is 2.29. The molecular weight excluding hydrogens is 482 g/mol. The second-order valence-corrected chi connectivity index (χ2v) is 11.5. The Balaban J connectivity index is 1.62. The minimum Gasteiger partial charge on any atom is -0.379 e. The quantitative estimate of drug-likeness (QED) is 0.180. The highest BCUT2D eigenvalue weighted by atomic mass is 32.2. The maximum Gasteiger partial charge on any atom is 0.339 e. The number of amides is 1. The molecule has 0 aromatic heterocycles. The molecule has 1 aliphatic heterocycles. The van der Waals surface area contributed by atoms with E-state index in [9.17, 15) is 13.2 Å². The summed E-state index contributed by atoms with van der Waals surface area (Å²) in [6.45, 7) is 7.63. The molecule has 3 rings (SSSR count). The third kappa shape index (κ3) is 7.67. The van der Waals surface area contributed by atoms with Crippen LogP contribution in [0.3, 0.4) is 0 Å². The van der Waals surface area contributed by atoms with Crippen LogP contribution >= 0.6 is 11.8 Å². The van der Waals surface area contributed by atoms with Gasteiger partial charge in [0.25, 0.3) is 0 Å². The Kier molecular flexibility index (Phi) is 9.51. The van der Waals surface area contributed by atoms with E-state index in [-0.39, 0.29) is 21.8 Å². The normalized spacial score (nSPS) is 17.3. The lowest BCUT2D eigenvalue weighted by Gasteiger charge is -2.13. The van der Waals surface area contributed by atoms with Crippen LogP contribution in [-0.2, 0) is 14.9 Å². The van der Waals surface area contributed by atoms with Crippen molar-refractivity contribution in [3.05, 3.63) is 58.7 Å². The first kappa shape index (κ1) is 26.9. The van der Waals surface area contributed by atoms with Gasteiger partial charge in [-0.15, -0.1) is 5.10 Å². The van der Waals surface area contributed by atoms with Crippen LogP contribution in [0, 0.1) is 20.8 Å². The largest absolute Gasteiger partial charge is 0.379 e. The number of benzene rings is 2. The van der Waals surface area contributed by atoms with Crippen molar-refractivity contribution in [2.45, 2.75) is 76.4 Å². The number of nitrogens with one attached hydrogen (secondary N) is 1. The highest BCUT2D eigenvalue weighted by Crippen LogP contribution is 2.27. The van der Waals surface area contributed by atoms with E-state index in [1.54, 1.807) is 38.1 Å². The van der Waals surface area contributed by atoms with Gasteiger partial charge in [-0.05, 0) is 56.0 Å². The minimum atomic E-state index is -3.99. The number of hydrogen-bond acceptors (Lipinski definition) is 7. The van der Waals surface area contributed by atoms with Crippen LogP contribution in [-0.4, -0.2) is 31.0 Å². The number of thioether (sulfide) groups is 1. The number of carbonyl (C=O) groups excluding carboxylic acids is 1. The zero-order valence-corrected chi connectivity index (χ0v) is 22.3. The molecule has 188 valence electrons. The third-order valence-electron chi connectivity index (χ3n) is 5.62. The summed E-state index contributed by atoms with van der Waals surface area (Å²) in [6.07, 6.45) is 8.13. The van der Waals surface area contributed by atoms with Crippen molar-refractivity contribution in [3.63, 3.8) is 0 Å². The summed E-state index contributed by atoms with van der Waals surface area (Å²) in [7, 11) is -3.99. The van der Waals surface area contributed by atoms with Gasteiger partial charge in [0.05, 0.1) is 11.5 Å². The van der Waals surface area contributed by atoms with Gasteiger partial charge < -0.3 is 9.50 Å². The Bertz CT molecular complexity index is 1200. The molecule has 1 saturated heterocycles. The number of carbonyl (C=O) groups is 1. The second-order valence-electron chi connectivity index (χ2n) is 8.79. The molecular formula is C26H33N3O4S2. The Morgan fingerprint density at radius 1 is 1.06 bits per heavy atom. The van der Waals surface area contributed by atoms with Crippen LogP contribution in [0.1, 0.15) is 67.7 Å². The molecule has 2 aromatic rings. The van der Waals surface area contributed by atoms with Crippen molar-refractivity contribution in [3.8, 4) is 5.75 Å². The van der Waals surface area contributed by atoms with Gasteiger partial charge in [-0.25, -0.2) is 0 Å². The number of aryl methyl sites for hydroxylation is 3. The first-order valence-electron chi connectivity index (χ1n) is 11.9. The fourth-order valence-corrected chi connectivity index (χ4v) is 6.42. The molecule has 1 atom stereocenters. The van der Waals surface area contributed by atoms with Crippen LogP contribution in [0.4, 0.5) is 0 Å². The summed E-state index contributed by atoms with van der Waals surface area (Å²) < 4.78 is 31.3. The minimum absolute atomic E-state index is 0.0262. The molecule has 1 unspecified atom stereocenters. The third-order valence-corrected chi connectivity index (χ3v) is 8.32. The Morgan fingerprint density at radius 3 is 2.49 bits per heavy atom. The number of unbranched alkanes of at least 4 members (excludes halogenated alkanes) is 4. The van der Waals surface area contributed by atoms with Crippen molar-refractivity contribution < 1.29 is 17.4 Å². The molecule has 1 heterocycles. The van der Waals surface area contributed by atoms with Crippen LogP contribution in [0.25, 0.3) is 0 Å². The van der Waals surface area contributed by atoms with E-state index in [0.717, 1.165) is 24.8 Å². The van der Waals surface area contributed by atoms with E-state index in [4.69, 9.17) is 4.18 Å². The summed E-state index contributed by atoms with van der Waals surface area (Å²) in [5.74, 6) is 0.161. The van der Waals surface area contributed by atoms with Crippen molar-refractivity contribution in [2.75, 3.05) is 0 Å². The van der Waals surface area contributed by atoms with Crippen molar-refractivity contribution >= 4 is 39.2 Å². The van der Waals surface area contributed by atoms with Gasteiger partial charge in [-0.2, -0.15) is 13.5 Å². The summed E-state index contributed by atoms with van der Waals surface area (Å²) in [5, 5.41) is 11.3. The maximum atomic E-state index is 12.9. The molecule has 7 nitrogen and oxygen atoms in total. The van der Waals surface area contributed by atoms with E-state index in [0.29, 0.717) is 21.9 Å². The number of hydrogen-bond donors (Lipinski definition) is 1. The van der Waals surface area contributed by atoms with Crippen LogP contribution < -0.4 is 9.50 Å². The summed E-state index contributed by atoms with van der Waals surface area (Å²) in [4.78, 5) is 12.3. The van der Waals surface area contributed by atoms with E-state index in [2.05, 4.69) is 22.4 Å². The van der Waals surface area contributed by atoms with Crippen molar-refractivity contribution in [1.29, 1.82) is 0 Å². The second kappa shape index (κ2) is 12.4. The van der Waals surface area contributed by atoms with Gasteiger partial charge in [0, 0.05) is 0 Å². The Hall–Kier alpha value is -2.65. The first-order valence-corrected chi connectivity index (χ1v) is 14.2. The Morgan fingerprint density at radius 2 is 1.77 bits per heavy atom. The van der Waals surface area contributed by atoms with Gasteiger partial charge in [-0.3, -0.25) is 4.79 Å². The summed E-state index contributed by atoms with van der Waals surface area (Å²) >= 11 is 1.40. The zero-order chi connectivity index (χ0) is 25.4. The molecule has 0 saturated carbocycles. The fourth-order valence-electron chi connectivity index (χ4n) is 4.10. The fraction of sp³-hybridized carbons (Fsp3) is 0.423. The van der Waals surface area contributed by atoms with E-state index in [1.165, 1.54) is 37.2 Å². The van der Waals surface area contributed by atoms with Crippen LogP contribution in [0.15, 0.2) is 51.5 Å². The molecule has 9 heteroatoms. The molecule has 0 bridgehead atoms. The lowest BCUT2D eigenvalue weighted by Crippen LogP contribution is -2.24. The first-order chi connectivity index (χ1) is 16.7. The molecule has 0 aliphatic carbocycles. The zero-order valence-electron chi connectivity index (χ0n) is 20.7. The molecule has 1 N–H and O–H groups in total. The van der Waals surface area contributed by atoms with E-state index < -0.39 is 10.1 Å². The van der Waals surface area contributed by atoms with Gasteiger partial charge in [0.2, 0.25) is 5.91 Å². The Labute approximate surface area is 212 Å². The lowest BCUT2D eigenvalue weighted by atomic mass is 10.1. The molecule has 0 radical (unpaired) electrons. The SMILES string of the molecule is CCCCCCCC1S/C(=N/N=C/c2cccc(OS(=O)(=O)c3c(C)cc(C)cc3C)c2)NC1=O. The smallest absolute Gasteiger partial charge is 0.339 e. The predicted molar refractivity (Wildman–Crippen MR) is 143 cm³/mol. The average molecular weight is 516 g/mol.